The molecule has 0 aliphatic carbocycles. The Hall–Kier alpha value is -1.42. The number of aromatic nitrogens is 2. The molecule has 0 radical (unpaired) electrons. The lowest BCUT2D eigenvalue weighted by atomic mass is 10.5. The number of hydrogen-bond donors (Lipinski definition) is 1. The molecule has 120 valence electrons. The predicted octanol–water partition coefficient (Wildman–Crippen LogP) is 1.87. The summed E-state index contributed by atoms with van der Waals surface area (Å²) < 4.78 is 61.7. The average Bonchev–Trinajstić information content (AvgIpc) is 2.41. The van der Waals surface area contributed by atoms with E-state index in [1.165, 1.54) is 6.92 Å². The molecule has 0 fully saturated rings. The van der Waals surface area contributed by atoms with Crippen LogP contribution in [0.3, 0.4) is 0 Å². The summed E-state index contributed by atoms with van der Waals surface area (Å²) in [5, 5.41) is 2.84. The Labute approximate surface area is 121 Å². The standard InChI is InChI=1S/C11H17F3N4O2S/c1-3-5-15-10-16-6-9(7-17-10)21(19,20)18(4-2)8-11(12,13)14/h6-7H,3-5,8H2,1-2H3,(H,15,16,17). The molecule has 0 atom stereocenters. The van der Waals surface area contributed by atoms with E-state index in [-0.39, 0.29) is 17.4 Å². The molecule has 1 N–H and O–H groups in total. The van der Waals surface area contributed by atoms with Crippen molar-refractivity contribution in [3.8, 4) is 0 Å². The molecule has 1 aromatic rings. The molecule has 0 amide bonds. The van der Waals surface area contributed by atoms with Gasteiger partial charge in [0.1, 0.15) is 11.4 Å². The number of nitrogens with one attached hydrogen (secondary N) is 1. The summed E-state index contributed by atoms with van der Waals surface area (Å²) >= 11 is 0. The van der Waals surface area contributed by atoms with Gasteiger partial charge in [-0.25, -0.2) is 18.4 Å². The van der Waals surface area contributed by atoms with Crippen LogP contribution in [0.25, 0.3) is 0 Å². The zero-order valence-corrected chi connectivity index (χ0v) is 12.5. The number of alkyl halides is 3. The van der Waals surface area contributed by atoms with E-state index in [2.05, 4.69) is 15.3 Å². The largest absolute Gasteiger partial charge is 0.402 e. The zero-order chi connectivity index (χ0) is 16.1. The first-order valence-electron chi connectivity index (χ1n) is 6.33. The molecule has 0 saturated heterocycles. The van der Waals surface area contributed by atoms with E-state index in [1.807, 2.05) is 6.92 Å². The number of sulfonamides is 1. The minimum Gasteiger partial charge on any atom is -0.354 e. The van der Waals surface area contributed by atoms with Gasteiger partial charge in [0.25, 0.3) is 0 Å². The molecule has 0 aliphatic rings. The fourth-order valence-corrected chi connectivity index (χ4v) is 2.82. The average molecular weight is 326 g/mol. The molecule has 0 saturated carbocycles. The van der Waals surface area contributed by atoms with Crippen molar-refractivity contribution in [2.75, 3.05) is 25.0 Å². The third-order valence-corrected chi connectivity index (χ3v) is 4.38. The van der Waals surface area contributed by atoms with Crippen LogP contribution in [0.2, 0.25) is 0 Å². The third-order valence-electron chi connectivity index (χ3n) is 2.51. The molecule has 10 heteroatoms. The number of halogens is 3. The van der Waals surface area contributed by atoms with Gasteiger partial charge in [-0.05, 0) is 6.42 Å². The normalized spacial score (nSPS) is 12.7. The maximum absolute atomic E-state index is 12.4. The Kier molecular flexibility index (Phi) is 5.90. The highest BCUT2D eigenvalue weighted by Crippen LogP contribution is 2.22. The van der Waals surface area contributed by atoms with Crippen molar-refractivity contribution >= 4 is 16.0 Å². The molecule has 0 aliphatic heterocycles. The summed E-state index contributed by atoms with van der Waals surface area (Å²) in [5.41, 5.74) is 0. The Bertz CT molecular complexity index is 546. The summed E-state index contributed by atoms with van der Waals surface area (Å²) in [4.78, 5) is 7.21. The van der Waals surface area contributed by atoms with Gasteiger partial charge in [0.15, 0.2) is 0 Å². The quantitative estimate of drug-likeness (QED) is 0.828. The molecule has 0 aromatic carbocycles. The lowest BCUT2D eigenvalue weighted by molar-refractivity contribution is -0.135. The van der Waals surface area contributed by atoms with Crippen LogP contribution in [0.1, 0.15) is 20.3 Å². The molecule has 6 nitrogen and oxygen atoms in total. The lowest BCUT2D eigenvalue weighted by Gasteiger charge is -2.21. The summed E-state index contributed by atoms with van der Waals surface area (Å²) in [6.45, 7) is 2.05. The minimum absolute atomic E-state index is 0.231. The van der Waals surface area contributed by atoms with E-state index in [9.17, 15) is 21.6 Å². The van der Waals surface area contributed by atoms with Gasteiger partial charge in [-0.3, -0.25) is 0 Å². The summed E-state index contributed by atoms with van der Waals surface area (Å²) in [7, 11) is -4.26. The van der Waals surface area contributed by atoms with Crippen LogP contribution in [0.15, 0.2) is 17.3 Å². The molecular weight excluding hydrogens is 309 g/mol. The molecule has 1 aromatic heterocycles. The first-order valence-corrected chi connectivity index (χ1v) is 7.77. The molecule has 1 rings (SSSR count). The minimum atomic E-state index is -4.60. The Morgan fingerprint density at radius 2 is 1.81 bits per heavy atom. The van der Waals surface area contributed by atoms with Crippen molar-refractivity contribution in [2.45, 2.75) is 31.3 Å². The number of nitrogens with zero attached hydrogens (tertiary/aromatic N) is 3. The summed E-state index contributed by atoms with van der Waals surface area (Å²) in [5.74, 6) is 0.231. The van der Waals surface area contributed by atoms with Gasteiger partial charge in [0.2, 0.25) is 16.0 Å². The maximum Gasteiger partial charge on any atom is 0.402 e. The van der Waals surface area contributed by atoms with E-state index in [0.717, 1.165) is 18.8 Å². The second-order valence-corrected chi connectivity index (χ2v) is 6.15. The van der Waals surface area contributed by atoms with Gasteiger partial charge in [-0.1, -0.05) is 13.8 Å². The number of rotatable bonds is 7. The smallest absolute Gasteiger partial charge is 0.354 e. The predicted molar refractivity (Wildman–Crippen MR) is 71.3 cm³/mol. The second-order valence-electron chi connectivity index (χ2n) is 4.22. The van der Waals surface area contributed by atoms with Crippen LogP contribution in [-0.2, 0) is 10.0 Å². The molecule has 1 heterocycles. The van der Waals surface area contributed by atoms with Crippen LogP contribution >= 0.6 is 0 Å². The van der Waals surface area contributed by atoms with E-state index in [0.29, 0.717) is 10.8 Å². The van der Waals surface area contributed by atoms with Gasteiger partial charge >= 0.3 is 6.18 Å². The highest BCUT2D eigenvalue weighted by atomic mass is 32.2. The molecule has 21 heavy (non-hydrogen) atoms. The van der Waals surface area contributed by atoms with Crippen molar-refractivity contribution in [2.24, 2.45) is 0 Å². The molecular formula is C11H17F3N4O2S. The van der Waals surface area contributed by atoms with Crippen LogP contribution in [0.5, 0.6) is 0 Å². The van der Waals surface area contributed by atoms with E-state index >= 15 is 0 Å². The van der Waals surface area contributed by atoms with Crippen LogP contribution in [0, 0.1) is 0 Å². The van der Waals surface area contributed by atoms with E-state index in [4.69, 9.17) is 0 Å². The van der Waals surface area contributed by atoms with E-state index in [1.54, 1.807) is 0 Å². The molecule has 0 spiro atoms. The SMILES string of the molecule is CCCNc1ncc(S(=O)(=O)N(CC)CC(F)(F)F)cn1. The van der Waals surface area contributed by atoms with Gasteiger partial charge in [-0.15, -0.1) is 0 Å². The van der Waals surface area contributed by atoms with Crippen molar-refractivity contribution in [3.63, 3.8) is 0 Å². The van der Waals surface area contributed by atoms with E-state index < -0.39 is 22.7 Å². The molecule has 0 unspecified atom stereocenters. The highest BCUT2D eigenvalue weighted by Gasteiger charge is 2.36. The Morgan fingerprint density at radius 1 is 1.24 bits per heavy atom. The fourth-order valence-electron chi connectivity index (χ4n) is 1.49. The monoisotopic (exact) mass is 326 g/mol. The van der Waals surface area contributed by atoms with Crippen LogP contribution < -0.4 is 5.32 Å². The Balaban J connectivity index is 2.95. The van der Waals surface area contributed by atoms with Crippen molar-refractivity contribution in [1.82, 2.24) is 14.3 Å². The first-order chi connectivity index (χ1) is 9.70. The van der Waals surface area contributed by atoms with Crippen LogP contribution in [-0.4, -0.2) is 48.5 Å². The van der Waals surface area contributed by atoms with Crippen LogP contribution in [0.4, 0.5) is 19.1 Å². The van der Waals surface area contributed by atoms with Gasteiger partial charge in [0, 0.05) is 13.1 Å². The topological polar surface area (TPSA) is 75.2 Å². The summed E-state index contributed by atoms with van der Waals surface area (Å²) in [6, 6.07) is 0. The zero-order valence-electron chi connectivity index (χ0n) is 11.7. The first kappa shape index (κ1) is 17.6. The molecule has 0 bridgehead atoms. The lowest BCUT2D eigenvalue weighted by Crippen LogP contribution is -2.38. The highest BCUT2D eigenvalue weighted by molar-refractivity contribution is 7.89. The van der Waals surface area contributed by atoms with Crippen molar-refractivity contribution in [3.05, 3.63) is 12.4 Å². The third kappa shape index (κ3) is 5.12. The van der Waals surface area contributed by atoms with Gasteiger partial charge < -0.3 is 5.32 Å². The van der Waals surface area contributed by atoms with Gasteiger partial charge in [-0.2, -0.15) is 17.5 Å². The number of anilines is 1. The second kappa shape index (κ2) is 7.03. The van der Waals surface area contributed by atoms with Gasteiger partial charge in [0.05, 0.1) is 12.4 Å². The van der Waals surface area contributed by atoms with Crippen molar-refractivity contribution in [1.29, 1.82) is 0 Å². The number of hydrogen-bond acceptors (Lipinski definition) is 5. The van der Waals surface area contributed by atoms with Crippen molar-refractivity contribution < 1.29 is 21.6 Å². The fraction of sp³-hybridized carbons (Fsp3) is 0.636. The maximum atomic E-state index is 12.4. The Morgan fingerprint density at radius 3 is 2.24 bits per heavy atom. The summed E-state index contributed by atoms with van der Waals surface area (Å²) in [6.07, 6.45) is -1.77.